The van der Waals surface area contributed by atoms with Crippen molar-refractivity contribution in [3.63, 3.8) is 0 Å². The molecule has 52 valence electrons. The molecule has 0 aromatic heterocycles. The van der Waals surface area contributed by atoms with Crippen molar-refractivity contribution >= 4 is 0 Å². The van der Waals surface area contributed by atoms with Crippen molar-refractivity contribution in [1.82, 2.24) is 5.32 Å². The largest absolute Gasteiger partial charge is 0.381 e. The summed E-state index contributed by atoms with van der Waals surface area (Å²) < 4.78 is 5.26. The van der Waals surface area contributed by atoms with Gasteiger partial charge in [0.15, 0.2) is 0 Å². The smallest absolute Gasteiger partial charge is 0.0629 e. The summed E-state index contributed by atoms with van der Waals surface area (Å²) >= 11 is 0. The molecular weight excluding hydrogens is 114 g/mol. The molecule has 2 rings (SSSR count). The molecule has 0 spiro atoms. The highest BCUT2D eigenvalue weighted by Crippen LogP contribution is 2.36. The minimum absolute atomic E-state index is 0.574. The molecule has 1 heterocycles. The Morgan fingerprint density at radius 3 is 3.11 bits per heavy atom. The molecule has 0 aromatic rings. The Labute approximate surface area is 55.6 Å². The van der Waals surface area contributed by atoms with Crippen LogP contribution in [0.3, 0.4) is 0 Å². The van der Waals surface area contributed by atoms with Crippen LogP contribution < -0.4 is 5.32 Å². The van der Waals surface area contributed by atoms with Crippen LogP contribution in [0.4, 0.5) is 0 Å². The second-order valence-electron chi connectivity index (χ2n) is 3.02. The van der Waals surface area contributed by atoms with Crippen LogP contribution in [0, 0.1) is 5.92 Å². The minimum atomic E-state index is 0.574. The summed E-state index contributed by atoms with van der Waals surface area (Å²) in [5.41, 5.74) is 0. The number of ether oxygens (including phenoxy) is 1. The Balaban J connectivity index is 1.93. The van der Waals surface area contributed by atoms with Gasteiger partial charge in [0, 0.05) is 19.1 Å². The molecule has 3 atom stereocenters. The fraction of sp³-hybridized carbons (Fsp3) is 1.00. The fourth-order valence-electron chi connectivity index (χ4n) is 1.99. The van der Waals surface area contributed by atoms with Crippen LogP contribution in [0.15, 0.2) is 0 Å². The highest BCUT2D eigenvalue weighted by Gasteiger charge is 2.43. The monoisotopic (exact) mass is 127 g/mol. The zero-order valence-electron chi connectivity index (χ0n) is 5.76. The molecule has 0 bridgehead atoms. The standard InChI is InChI=1S/C7H13NO/c1-9-7-4-6-5(7)2-3-8-6/h5-8H,2-4H2,1H3/t5-,6-,7-/m0/s1. The first-order valence-electron chi connectivity index (χ1n) is 3.68. The quantitative estimate of drug-likeness (QED) is 0.550. The number of nitrogens with one attached hydrogen (secondary N) is 1. The van der Waals surface area contributed by atoms with Crippen LogP contribution in [0.5, 0.6) is 0 Å². The minimum Gasteiger partial charge on any atom is -0.381 e. The molecule has 0 radical (unpaired) electrons. The summed E-state index contributed by atoms with van der Waals surface area (Å²) in [6, 6.07) is 0.801. The summed E-state index contributed by atoms with van der Waals surface area (Å²) in [5.74, 6) is 0.843. The van der Waals surface area contributed by atoms with Crippen molar-refractivity contribution in [1.29, 1.82) is 0 Å². The molecule has 1 N–H and O–H groups in total. The predicted molar refractivity (Wildman–Crippen MR) is 35.3 cm³/mol. The average Bonchev–Trinajstić information content (AvgIpc) is 2.14. The summed E-state index contributed by atoms with van der Waals surface area (Å²) in [7, 11) is 1.82. The molecule has 1 aliphatic carbocycles. The lowest BCUT2D eigenvalue weighted by atomic mass is 9.77. The average molecular weight is 127 g/mol. The van der Waals surface area contributed by atoms with Crippen LogP contribution in [0.25, 0.3) is 0 Å². The summed E-state index contributed by atoms with van der Waals surface area (Å²) in [5, 5.41) is 3.44. The topological polar surface area (TPSA) is 21.3 Å². The molecule has 2 fully saturated rings. The van der Waals surface area contributed by atoms with Crippen LogP contribution in [0.1, 0.15) is 12.8 Å². The Morgan fingerprint density at radius 2 is 2.44 bits per heavy atom. The number of methoxy groups -OCH3 is 1. The third-order valence-electron chi connectivity index (χ3n) is 2.67. The molecule has 0 unspecified atom stereocenters. The van der Waals surface area contributed by atoms with Crippen molar-refractivity contribution < 1.29 is 4.74 Å². The van der Waals surface area contributed by atoms with E-state index >= 15 is 0 Å². The van der Waals surface area contributed by atoms with E-state index in [1.165, 1.54) is 19.4 Å². The number of hydrogen-bond acceptors (Lipinski definition) is 2. The van der Waals surface area contributed by atoms with Gasteiger partial charge in [0.25, 0.3) is 0 Å². The summed E-state index contributed by atoms with van der Waals surface area (Å²) in [6.45, 7) is 1.20. The maximum Gasteiger partial charge on any atom is 0.0629 e. The van der Waals surface area contributed by atoms with Gasteiger partial charge in [-0.15, -0.1) is 0 Å². The van der Waals surface area contributed by atoms with Crippen molar-refractivity contribution in [2.45, 2.75) is 25.0 Å². The van der Waals surface area contributed by atoms with Gasteiger partial charge in [0.2, 0.25) is 0 Å². The molecule has 1 aliphatic heterocycles. The van der Waals surface area contributed by atoms with Crippen molar-refractivity contribution in [3.8, 4) is 0 Å². The molecule has 1 saturated carbocycles. The highest BCUT2D eigenvalue weighted by atomic mass is 16.5. The van der Waals surface area contributed by atoms with Crippen molar-refractivity contribution in [3.05, 3.63) is 0 Å². The third kappa shape index (κ3) is 0.700. The summed E-state index contributed by atoms with van der Waals surface area (Å²) in [4.78, 5) is 0. The summed E-state index contributed by atoms with van der Waals surface area (Å²) in [6.07, 6.45) is 3.13. The SMILES string of the molecule is CO[C@H]1C[C@@H]2NCC[C@@H]21. The molecule has 9 heavy (non-hydrogen) atoms. The van der Waals surface area contributed by atoms with Gasteiger partial charge in [-0.3, -0.25) is 0 Å². The lowest BCUT2D eigenvalue weighted by Gasteiger charge is -2.38. The van der Waals surface area contributed by atoms with Crippen LogP contribution >= 0.6 is 0 Å². The van der Waals surface area contributed by atoms with E-state index in [0.717, 1.165) is 12.0 Å². The van der Waals surface area contributed by atoms with E-state index in [4.69, 9.17) is 4.74 Å². The first kappa shape index (κ1) is 5.69. The van der Waals surface area contributed by atoms with E-state index in [2.05, 4.69) is 5.32 Å². The first-order valence-corrected chi connectivity index (χ1v) is 3.68. The van der Waals surface area contributed by atoms with Gasteiger partial charge in [-0.25, -0.2) is 0 Å². The third-order valence-corrected chi connectivity index (χ3v) is 2.67. The van der Waals surface area contributed by atoms with Crippen LogP contribution in [0.2, 0.25) is 0 Å². The Morgan fingerprint density at radius 1 is 1.56 bits per heavy atom. The zero-order chi connectivity index (χ0) is 6.27. The van der Waals surface area contributed by atoms with Gasteiger partial charge in [-0.2, -0.15) is 0 Å². The molecule has 2 aliphatic rings. The zero-order valence-corrected chi connectivity index (χ0v) is 5.76. The second kappa shape index (κ2) is 1.96. The highest BCUT2D eigenvalue weighted by molar-refractivity contribution is 4.99. The molecule has 2 heteroatoms. The van der Waals surface area contributed by atoms with E-state index in [-0.39, 0.29) is 0 Å². The van der Waals surface area contributed by atoms with Gasteiger partial charge >= 0.3 is 0 Å². The Kier molecular flexibility index (Phi) is 1.24. The Hall–Kier alpha value is -0.0800. The number of hydrogen-bond donors (Lipinski definition) is 1. The number of fused-ring (bicyclic) bond motifs is 1. The van der Waals surface area contributed by atoms with Crippen LogP contribution in [-0.4, -0.2) is 25.8 Å². The van der Waals surface area contributed by atoms with Gasteiger partial charge in [-0.1, -0.05) is 0 Å². The van der Waals surface area contributed by atoms with Gasteiger partial charge in [0.1, 0.15) is 0 Å². The lowest BCUT2D eigenvalue weighted by Crippen LogP contribution is -2.48. The van der Waals surface area contributed by atoms with E-state index < -0.39 is 0 Å². The maximum absolute atomic E-state index is 5.26. The second-order valence-corrected chi connectivity index (χ2v) is 3.02. The predicted octanol–water partition coefficient (Wildman–Crippen LogP) is 0.383. The van der Waals surface area contributed by atoms with Crippen LogP contribution in [-0.2, 0) is 4.74 Å². The normalized spacial score (nSPS) is 48.3. The van der Waals surface area contributed by atoms with Gasteiger partial charge < -0.3 is 10.1 Å². The van der Waals surface area contributed by atoms with Gasteiger partial charge in [0.05, 0.1) is 6.10 Å². The van der Waals surface area contributed by atoms with E-state index in [1.54, 1.807) is 0 Å². The molecule has 0 aromatic carbocycles. The van der Waals surface area contributed by atoms with E-state index in [1.807, 2.05) is 7.11 Å². The molecule has 0 amide bonds. The Bertz CT molecular complexity index is 115. The first-order chi connectivity index (χ1) is 4.42. The molecule has 2 nitrogen and oxygen atoms in total. The molecular formula is C7H13NO. The van der Waals surface area contributed by atoms with E-state index in [9.17, 15) is 0 Å². The fourth-order valence-corrected chi connectivity index (χ4v) is 1.99. The van der Waals surface area contributed by atoms with Gasteiger partial charge in [-0.05, 0) is 19.4 Å². The van der Waals surface area contributed by atoms with Crippen molar-refractivity contribution in [2.24, 2.45) is 5.92 Å². The molecule has 1 saturated heterocycles. The van der Waals surface area contributed by atoms with E-state index in [0.29, 0.717) is 6.10 Å². The number of rotatable bonds is 1. The maximum atomic E-state index is 5.26. The lowest BCUT2D eigenvalue weighted by molar-refractivity contribution is -0.0247. The van der Waals surface area contributed by atoms with Crippen molar-refractivity contribution in [2.75, 3.05) is 13.7 Å².